The van der Waals surface area contributed by atoms with E-state index in [4.69, 9.17) is 5.73 Å². The van der Waals surface area contributed by atoms with Gasteiger partial charge in [-0.25, -0.2) is 0 Å². The summed E-state index contributed by atoms with van der Waals surface area (Å²) in [5.74, 6) is 0.854. The lowest BCUT2D eigenvalue weighted by atomic mass is 9.88. The SMILES string of the molecule is CC1(c2cccc(C(=O)Nc3ccc4c(c3)CCC4)c2)CCSC(N)=N1. The minimum absolute atomic E-state index is 0.0875. The maximum absolute atomic E-state index is 12.7. The Labute approximate surface area is 158 Å². The third kappa shape index (κ3) is 3.36. The number of aliphatic imine (C=N–C) groups is 1. The van der Waals surface area contributed by atoms with Gasteiger partial charge in [0.05, 0.1) is 5.54 Å². The Morgan fingerprint density at radius 3 is 2.88 bits per heavy atom. The number of nitrogens with zero attached hydrogens (tertiary/aromatic N) is 1. The fraction of sp³-hybridized carbons (Fsp3) is 0.333. The molecule has 0 saturated carbocycles. The Morgan fingerprint density at radius 1 is 1.19 bits per heavy atom. The third-order valence-electron chi connectivity index (χ3n) is 5.30. The van der Waals surface area contributed by atoms with E-state index >= 15 is 0 Å². The van der Waals surface area contributed by atoms with E-state index in [0.29, 0.717) is 10.7 Å². The summed E-state index contributed by atoms with van der Waals surface area (Å²) in [5.41, 5.74) is 10.9. The van der Waals surface area contributed by atoms with Crippen LogP contribution in [0.1, 0.15) is 46.8 Å². The molecule has 1 aliphatic heterocycles. The molecule has 2 aliphatic rings. The Kier molecular flexibility index (Phi) is 4.49. The van der Waals surface area contributed by atoms with Crippen molar-refractivity contribution in [1.82, 2.24) is 0 Å². The highest BCUT2D eigenvalue weighted by molar-refractivity contribution is 8.13. The van der Waals surface area contributed by atoms with Crippen molar-refractivity contribution in [3.8, 4) is 0 Å². The second-order valence-electron chi connectivity index (χ2n) is 7.19. The average Bonchev–Trinajstić information content (AvgIpc) is 3.09. The lowest BCUT2D eigenvalue weighted by molar-refractivity contribution is 0.102. The highest BCUT2D eigenvalue weighted by atomic mass is 32.2. The molecule has 3 N–H and O–H groups in total. The van der Waals surface area contributed by atoms with Crippen LogP contribution in [0.25, 0.3) is 0 Å². The molecule has 0 bridgehead atoms. The smallest absolute Gasteiger partial charge is 0.255 e. The number of anilines is 1. The molecule has 2 aromatic carbocycles. The van der Waals surface area contributed by atoms with E-state index in [9.17, 15) is 4.79 Å². The topological polar surface area (TPSA) is 67.5 Å². The van der Waals surface area contributed by atoms with E-state index in [1.54, 1.807) is 11.8 Å². The van der Waals surface area contributed by atoms with E-state index in [0.717, 1.165) is 36.3 Å². The molecular formula is C21H23N3OS. The van der Waals surface area contributed by atoms with Crippen LogP contribution in [0.4, 0.5) is 5.69 Å². The minimum Gasteiger partial charge on any atom is -0.379 e. The first-order valence-electron chi connectivity index (χ1n) is 9.05. The number of nitrogens with one attached hydrogen (secondary N) is 1. The predicted molar refractivity (Wildman–Crippen MR) is 109 cm³/mol. The van der Waals surface area contributed by atoms with Crippen molar-refractivity contribution in [2.24, 2.45) is 10.7 Å². The lowest BCUT2D eigenvalue weighted by Crippen LogP contribution is -2.29. The Morgan fingerprint density at radius 2 is 2.04 bits per heavy atom. The number of hydrogen-bond donors (Lipinski definition) is 2. The number of thioether (sulfide) groups is 1. The molecule has 4 nitrogen and oxygen atoms in total. The number of benzene rings is 2. The van der Waals surface area contributed by atoms with Crippen LogP contribution in [0.5, 0.6) is 0 Å². The number of amides is 1. The van der Waals surface area contributed by atoms with Crippen molar-refractivity contribution in [3.05, 3.63) is 64.7 Å². The van der Waals surface area contributed by atoms with Crippen molar-refractivity contribution < 1.29 is 4.79 Å². The molecule has 1 aliphatic carbocycles. The number of carbonyl (C=O) groups excluding carboxylic acids is 1. The van der Waals surface area contributed by atoms with Crippen LogP contribution in [0.2, 0.25) is 0 Å². The third-order valence-corrected chi connectivity index (χ3v) is 6.09. The first-order valence-corrected chi connectivity index (χ1v) is 10.0. The van der Waals surface area contributed by atoms with Crippen LogP contribution < -0.4 is 11.1 Å². The molecule has 1 heterocycles. The van der Waals surface area contributed by atoms with Crippen molar-refractivity contribution in [2.75, 3.05) is 11.1 Å². The first-order chi connectivity index (χ1) is 12.5. The standard InChI is InChI=1S/C21H23N3OS/c1-21(10-11-26-20(22)24-21)17-7-3-6-16(12-17)19(25)23-18-9-8-14-4-2-5-15(14)13-18/h3,6-9,12-13H,2,4-5,10-11H2,1H3,(H2,22,24)(H,23,25). The van der Waals surface area contributed by atoms with Crippen LogP contribution in [0.3, 0.4) is 0 Å². The van der Waals surface area contributed by atoms with Crippen LogP contribution in [-0.2, 0) is 18.4 Å². The summed E-state index contributed by atoms with van der Waals surface area (Å²) in [6.45, 7) is 2.08. The zero-order chi connectivity index (χ0) is 18.1. The molecule has 0 spiro atoms. The van der Waals surface area contributed by atoms with Gasteiger partial charge in [-0.3, -0.25) is 9.79 Å². The van der Waals surface area contributed by atoms with Gasteiger partial charge in [-0.2, -0.15) is 0 Å². The van der Waals surface area contributed by atoms with Gasteiger partial charge in [0.2, 0.25) is 0 Å². The fourth-order valence-corrected chi connectivity index (χ4v) is 4.72. The van der Waals surface area contributed by atoms with Gasteiger partial charge in [0.25, 0.3) is 5.91 Å². The molecular weight excluding hydrogens is 342 g/mol. The molecule has 26 heavy (non-hydrogen) atoms. The average molecular weight is 366 g/mol. The zero-order valence-corrected chi connectivity index (χ0v) is 15.7. The van der Waals surface area contributed by atoms with E-state index < -0.39 is 0 Å². The summed E-state index contributed by atoms with van der Waals surface area (Å²) in [6, 6.07) is 14.0. The quantitative estimate of drug-likeness (QED) is 0.861. The van der Waals surface area contributed by atoms with Gasteiger partial charge in [-0.15, -0.1) is 0 Å². The molecule has 0 radical (unpaired) electrons. The van der Waals surface area contributed by atoms with Gasteiger partial charge in [0.15, 0.2) is 5.17 Å². The van der Waals surface area contributed by atoms with Gasteiger partial charge in [0.1, 0.15) is 0 Å². The monoisotopic (exact) mass is 365 g/mol. The van der Waals surface area contributed by atoms with Crippen LogP contribution >= 0.6 is 11.8 Å². The van der Waals surface area contributed by atoms with Gasteiger partial charge >= 0.3 is 0 Å². The van der Waals surface area contributed by atoms with E-state index in [2.05, 4.69) is 29.4 Å². The summed E-state index contributed by atoms with van der Waals surface area (Å²) in [4.78, 5) is 17.4. The first kappa shape index (κ1) is 17.2. The van der Waals surface area contributed by atoms with E-state index in [1.807, 2.05) is 30.3 Å². The molecule has 1 amide bonds. The largest absolute Gasteiger partial charge is 0.379 e. The fourth-order valence-electron chi connectivity index (χ4n) is 3.74. The Hall–Kier alpha value is -2.27. The van der Waals surface area contributed by atoms with Gasteiger partial charge < -0.3 is 11.1 Å². The van der Waals surface area contributed by atoms with Gasteiger partial charge in [-0.05, 0) is 73.6 Å². The Bertz CT molecular complexity index is 893. The highest BCUT2D eigenvalue weighted by Gasteiger charge is 2.29. The second kappa shape index (κ2) is 6.80. The molecule has 1 unspecified atom stereocenters. The van der Waals surface area contributed by atoms with Crippen molar-refractivity contribution in [2.45, 2.75) is 38.1 Å². The Balaban J connectivity index is 1.56. The predicted octanol–water partition coefficient (Wildman–Crippen LogP) is 4.09. The number of carbonyl (C=O) groups is 1. The van der Waals surface area contributed by atoms with Crippen LogP contribution in [-0.4, -0.2) is 16.8 Å². The molecule has 1 atom stereocenters. The molecule has 5 heteroatoms. The number of amidine groups is 1. The van der Waals surface area contributed by atoms with Crippen molar-refractivity contribution in [3.63, 3.8) is 0 Å². The van der Waals surface area contributed by atoms with Crippen molar-refractivity contribution in [1.29, 1.82) is 0 Å². The van der Waals surface area contributed by atoms with E-state index in [-0.39, 0.29) is 11.4 Å². The van der Waals surface area contributed by atoms with Crippen LogP contribution in [0, 0.1) is 0 Å². The lowest BCUT2D eigenvalue weighted by Gasteiger charge is -2.30. The molecule has 0 fully saturated rings. The van der Waals surface area contributed by atoms with Crippen molar-refractivity contribution >= 4 is 28.5 Å². The summed E-state index contributed by atoms with van der Waals surface area (Å²) >= 11 is 1.59. The molecule has 134 valence electrons. The summed E-state index contributed by atoms with van der Waals surface area (Å²) < 4.78 is 0. The second-order valence-corrected chi connectivity index (χ2v) is 8.31. The number of fused-ring (bicyclic) bond motifs is 1. The summed E-state index contributed by atoms with van der Waals surface area (Å²) in [7, 11) is 0. The minimum atomic E-state index is -0.362. The zero-order valence-electron chi connectivity index (χ0n) is 14.9. The summed E-state index contributed by atoms with van der Waals surface area (Å²) in [5, 5.41) is 3.65. The van der Waals surface area contributed by atoms with E-state index in [1.165, 1.54) is 17.5 Å². The van der Waals surface area contributed by atoms with Gasteiger partial charge in [0, 0.05) is 17.0 Å². The summed E-state index contributed by atoms with van der Waals surface area (Å²) in [6.07, 6.45) is 4.36. The molecule has 2 aromatic rings. The highest BCUT2D eigenvalue weighted by Crippen LogP contribution is 2.35. The molecule has 0 saturated heterocycles. The van der Waals surface area contributed by atoms with Crippen LogP contribution in [0.15, 0.2) is 47.5 Å². The number of aryl methyl sites for hydroxylation is 2. The molecule has 0 aromatic heterocycles. The molecule has 4 rings (SSSR count). The number of nitrogens with two attached hydrogens (primary N) is 1. The maximum Gasteiger partial charge on any atom is 0.255 e. The maximum atomic E-state index is 12.7. The van der Waals surface area contributed by atoms with Gasteiger partial charge in [-0.1, -0.05) is 30.0 Å². The normalized spacial score (nSPS) is 21.8. The number of hydrogen-bond acceptors (Lipinski definition) is 4. The number of rotatable bonds is 3.